The fourth-order valence-electron chi connectivity index (χ4n) is 2.88. The number of amides is 1. The highest BCUT2D eigenvalue weighted by atomic mass is 16.3. The Labute approximate surface area is 107 Å². The Balaban J connectivity index is 1.73. The van der Waals surface area contributed by atoms with E-state index in [-0.39, 0.29) is 18.1 Å². The highest BCUT2D eigenvalue weighted by Gasteiger charge is 2.33. The number of β-amino-alcohol motifs (C(OH)–C–C–N with tert-alkyl or cyclic N) is 1. The summed E-state index contributed by atoms with van der Waals surface area (Å²) in [5, 5.41) is 9.24. The normalized spacial score (nSPS) is 23.9. The number of likely N-dealkylation sites (tertiary alicyclic amines) is 1. The van der Waals surface area contributed by atoms with Gasteiger partial charge in [-0.3, -0.25) is 9.69 Å². The number of para-hydroxylation sites is 1. The zero-order valence-corrected chi connectivity index (χ0v) is 10.5. The maximum absolute atomic E-state index is 12.3. The van der Waals surface area contributed by atoms with Gasteiger partial charge >= 0.3 is 0 Å². The molecule has 4 heteroatoms. The fourth-order valence-corrected chi connectivity index (χ4v) is 2.88. The molecule has 3 rings (SSSR count). The molecule has 0 spiro atoms. The molecular formula is C14H18N2O2. The van der Waals surface area contributed by atoms with E-state index in [1.54, 1.807) is 0 Å². The first-order valence-corrected chi connectivity index (χ1v) is 6.45. The topological polar surface area (TPSA) is 43.8 Å². The number of nitrogens with zero attached hydrogens (tertiary/aromatic N) is 2. The smallest absolute Gasteiger partial charge is 0.241 e. The lowest BCUT2D eigenvalue weighted by molar-refractivity contribution is -0.122. The van der Waals surface area contributed by atoms with Crippen molar-refractivity contribution in [3.8, 4) is 0 Å². The van der Waals surface area contributed by atoms with Gasteiger partial charge in [0.05, 0.1) is 12.6 Å². The molecule has 2 aliphatic heterocycles. The highest BCUT2D eigenvalue weighted by Crippen LogP contribution is 2.31. The average Bonchev–Trinajstić information content (AvgIpc) is 2.62. The molecule has 1 aromatic rings. The van der Waals surface area contributed by atoms with Gasteiger partial charge in [0.2, 0.25) is 5.91 Å². The maximum Gasteiger partial charge on any atom is 0.241 e. The SMILES string of the molecule is CC1Cc2ccccc2N1C(=O)CN1CC(O)C1. The molecule has 1 amide bonds. The monoisotopic (exact) mass is 246 g/mol. The number of hydrogen-bond donors (Lipinski definition) is 1. The van der Waals surface area contributed by atoms with Gasteiger partial charge < -0.3 is 10.0 Å². The van der Waals surface area contributed by atoms with Gasteiger partial charge in [0.1, 0.15) is 0 Å². The summed E-state index contributed by atoms with van der Waals surface area (Å²) in [6.45, 7) is 3.74. The first kappa shape index (κ1) is 11.7. The van der Waals surface area contributed by atoms with E-state index in [9.17, 15) is 9.90 Å². The van der Waals surface area contributed by atoms with Crippen LogP contribution in [0.4, 0.5) is 5.69 Å². The molecule has 96 valence electrons. The highest BCUT2D eigenvalue weighted by molar-refractivity contribution is 5.97. The molecule has 4 nitrogen and oxygen atoms in total. The third-order valence-electron chi connectivity index (χ3n) is 3.77. The minimum Gasteiger partial charge on any atom is -0.390 e. The summed E-state index contributed by atoms with van der Waals surface area (Å²) in [5.74, 6) is 0.138. The van der Waals surface area contributed by atoms with Crippen molar-refractivity contribution in [3.05, 3.63) is 29.8 Å². The Morgan fingerprint density at radius 1 is 1.39 bits per heavy atom. The number of aliphatic hydroxyl groups excluding tert-OH is 1. The Morgan fingerprint density at radius 3 is 2.83 bits per heavy atom. The molecule has 0 aliphatic carbocycles. The molecular weight excluding hydrogens is 228 g/mol. The lowest BCUT2D eigenvalue weighted by atomic mass is 10.1. The van der Waals surface area contributed by atoms with Gasteiger partial charge in [-0.1, -0.05) is 18.2 Å². The molecule has 1 unspecified atom stereocenters. The second-order valence-corrected chi connectivity index (χ2v) is 5.29. The van der Waals surface area contributed by atoms with Crippen molar-refractivity contribution in [2.45, 2.75) is 25.5 Å². The quantitative estimate of drug-likeness (QED) is 0.833. The molecule has 1 saturated heterocycles. The number of anilines is 1. The first-order chi connectivity index (χ1) is 8.65. The van der Waals surface area contributed by atoms with E-state index in [0.29, 0.717) is 19.6 Å². The molecule has 0 saturated carbocycles. The molecule has 18 heavy (non-hydrogen) atoms. The molecule has 0 aromatic heterocycles. The molecule has 1 N–H and O–H groups in total. The number of carbonyl (C=O) groups is 1. The second kappa shape index (κ2) is 4.37. The number of aliphatic hydroxyl groups is 1. The van der Waals surface area contributed by atoms with Crippen LogP contribution in [0.2, 0.25) is 0 Å². The molecule has 0 radical (unpaired) electrons. The van der Waals surface area contributed by atoms with E-state index in [1.165, 1.54) is 5.56 Å². The second-order valence-electron chi connectivity index (χ2n) is 5.29. The van der Waals surface area contributed by atoms with Crippen LogP contribution >= 0.6 is 0 Å². The van der Waals surface area contributed by atoms with E-state index in [0.717, 1.165) is 12.1 Å². The Kier molecular flexibility index (Phi) is 2.84. The maximum atomic E-state index is 12.3. The van der Waals surface area contributed by atoms with E-state index in [1.807, 2.05) is 28.0 Å². The lowest BCUT2D eigenvalue weighted by Gasteiger charge is -2.36. The number of rotatable bonds is 2. The lowest BCUT2D eigenvalue weighted by Crippen LogP contribution is -2.55. The molecule has 1 atom stereocenters. The van der Waals surface area contributed by atoms with Gasteiger partial charge in [-0.15, -0.1) is 0 Å². The Hall–Kier alpha value is -1.39. The predicted molar refractivity (Wildman–Crippen MR) is 69.5 cm³/mol. The van der Waals surface area contributed by atoms with Gasteiger partial charge in [0.15, 0.2) is 0 Å². The van der Waals surface area contributed by atoms with Gasteiger partial charge in [-0.05, 0) is 25.0 Å². The first-order valence-electron chi connectivity index (χ1n) is 6.45. The Morgan fingerprint density at radius 2 is 2.11 bits per heavy atom. The average molecular weight is 246 g/mol. The zero-order chi connectivity index (χ0) is 12.7. The fraction of sp³-hybridized carbons (Fsp3) is 0.500. The van der Waals surface area contributed by atoms with Crippen LogP contribution < -0.4 is 4.90 Å². The number of hydrogen-bond acceptors (Lipinski definition) is 3. The number of benzene rings is 1. The number of fused-ring (bicyclic) bond motifs is 1. The molecule has 1 aromatic carbocycles. The Bertz CT molecular complexity index is 469. The van der Waals surface area contributed by atoms with Crippen LogP contribution in [0.5, 0.6) is 0 Å². The molecule has 0 bridgehead atoms. The minimum atomic E-state index is -0.249. The van der Waals surface area contributed by atoms with Crippen molar-refractivity contribution >= 4 is 11.6 Å². The van der Waals surface area contributed by atoms with Crippen LogP contribution in [-0.2, 0) is 11.2 Å². The van der Waals surface area contributed by atoms with Crippen molar-refractivity contribution in [2.75, 3.05) is 24.5 Å². The van der Waals surface area contributed by atoms with Crippen molar-refractivity contribution < 1.29 is 9.90 Å². The summed E-state index contributed by atoms with van der Waals surface area (Å²) in [6.07, 6.45) is 0.686. The van der Waals surface area contributed by atoms with Crippen LogP contribution in [0.25, 0.3) is 0 Å². The minimum absolute atomic E-state index is 0.138. The largest absolute Gasteiger partial charge is 0.390 e. The molecule has 1 fully saturated rings. The summed E-state index contributed by atoms with van der Waals surface area (Å²) >= 11 is 0. The van der Waals surface area contributed by atoms with Gasteiger partial charge in [-0.25, -0.2) is 0 Å². The van der Waals surface area contributed by atoms with Gasteiger partial charge in [0, 0.05) is 24.8 Å². The summed E-state index contributed by atoms with van der Waals surface area (Å²) < 4.78 is 0. The summed E-state index contributed by atoms with van der Waals surface area (Å²) in [6, 6.07) is 8.34. The van der Waals surface area contributed by atoms with Crippen LogP contribution in [0, 0.1) is 0 Å². The van der Waals surface area contributed by atoms with Crippen molar-refractivity contribution in [2.24, 2.45) is 0 Å². The van der Waals surface area contributed by atoms with E-state index >= 15 is 0 Å². The third-order valence-corrected chi connectivity index (χ3v) is 3.77. The van der Waals surface area contributed by atoms with Gasteiger partial charge in [0.25, 0.3) is 0 Å². The predicted octanol–water partition coefficient (Wildman–Crippen LogP) is 0.641. The van der Waals surface area contributed by atoms with Crippen LogP contribution in [0.3, 0.4) is 0 Å². The van der Waals surface area contributed by atoms with E-state index in [2.05, 4.69) is 13.0 Å². The third kappa shape index (κ3) is 1.91. The number of carbonyl (C=O) groups excluding carboxylic acids is 1. The van der Waals surface area contributed by atoms with Crippen molar-refractivity contribution in [1.29, 1.82) is 0 Å². The van der Waals surface area contributed by atoms with Gasteiger partial charge in [-0.2, -0.15) is 0 Å². The van der Waals surface area contributed by atoms with E-state index in [4.69, 9.17) is 0 Å². The standard InChI is InChI=1S/C14H18N2O2/c1-10-6-11-4-2-3-5-13(11)16(10)14(18)9-15-7-12(17)8-15/h2-5,10,12,17H,6-9H2,1H3. The summed E-state index contributed by atoms with van der Waals surface area (Å²) in [5.41, 5.74) is 2.30. The van der Waals surface area contributed by atoms with Crippen LogP contribution in [0.1, 0.15) is 12.5 Å². The molecule has 2 aliphatic rings. The summed E-state index contributed by atoms with van der Waals surface area (Å²) in [7, 11) is 0. The van der Waals surface area contributed by atoms with E-state index < -0.39 is 0 Å². The van der Waals surface area contributed by atoms with Crippen LogP contribution in [0.15, 0.2) is 24.3 Å². The van der Waals surface area contributed by atoms with Crippen molar-refractivity contribution in [1.82, 2.24) is 4.90 Å². The van der Waals surface area contributed by atoms with Crippen LogP contribution in [-0.4, -0.2) is 47.7 Å². The summed E-state index contributed by atoms with van der Waals surface area (Å²) in [4.78, 5) is 16.2. The van der Waals surface area contributed by atoms with Crippen molar-refractivity contribution in [3.63, 3.8) is 0 Å². The molecule has 2 heterocycles. The zero-order valence-electron chi connectivity index (χ0n) is 10.5.